The first-order valence-electron chi connectivity index (χ1n) is 5.94. The van der Waals surface area contributed by atoms with Crippen molar-refractivity contribution in [1.29, 1.82) is 0 Å². The van der Waals surface area contributed by atoms with E-state index in [2.05, 4.69) is 29.5 Å². The Morgan fingerprint density at radius 1 is 1.22 bits per heavy atom. The van der Waals surface area contributed by atoms with Gasteiger partial charge in [-0.2, -0.15) is 0 Å². The van der Waals surface area contributed by atoms with Crippen molar-refractivity contribution in [3.05, 3.63) is 23.9 Å². The number of carbonyl (C=O) groups is 2. The maximum Gasteiger partial charge on any atom is 0.247 e. The minimum atomic E-state index is -0.575. The maximum absolute atomic E-state index is 11.7. The fourth-order valence-corrected chi connectivity index (χ4v) is 1.43. The molecule has 0 aliphatic heterocycles. The highest BCUT2D eigenvalue weighted by atomic mass is 16.2. The zero-order valence-electron chi connectivity index (χ0n) is 11.2. The van der Waals surface area contributed by atoms with Gasteiger partial charge in [0, 0.05) is 13.1 Å². The van der Waals surface area contributed by atoms with E-state index in [0.717, 1.165) is 5.56 Å². The first-order valence-corrected chi connectivity index (χ1v) is 5.94. The van der Waals surface area contributed by atoms with E-state index in [4.69, 9.17) is 0 Å². The summed E-state index contributed by atoms with van der Waals surface area (Å²) in [6, 6.07) is 3.11. The lowest BCUT2D eigenvalue weighted by molar-refractivity contribution is -0.124. The van der Waals surface area contributed by atoms with Crippen molar-refractivity contribution in [2.24, 2.45) is 0 Å². The summed E-state index contributed by atoms with van der Waals surface area (Å²) in [5, 5.41) is 5.16. The Bertz CT molecular complexity index is 426. The SMILES string of the molecule is CC(=O)N[C@H](C)C(=O)Nc1ccc(C(C)C)cn1. The summed E-state index contributed by atoms with van der Waals surface area (Å²) in [4.78, 5) is 26.7. The van der Waals surface area contributed by atoms with Crippen molar-refractivity contribution < 1.29 is 9.59 Å². The lowest BCUT2D eigenvalue weighted by Crippen LogP contribution is -2.40. The number of rotatable bonds is 4. The van der Waals surface area contributed by atoms with Crippen LogP contribution < -0.4 is 10.6 Å². The summed E-state index contributed by atoms with van der Waals surface area (Å²) in [6.07, 6.45) is 1.74. The van der Waals surface area contributed by atoms with E-state index < -0.39 is 6.04 Å². The van der Waals surface area contributed by atoms with Gasteiger partial charge < -0.3 is 10.6 Å². The largest absolute Gasteiger partial charge is 0.345 e. The molecule has 1 heterocycles. The van der Waals surface area contributed by atoms with E-state index in [1.54, 1.807) is 19.2 Å². The minimum Gasteiger partial charge on any atom is -0.345 e. The van der Waals surface area contributed by atoms with Gasteiger partial charge in [-0.1, -0.05) is 19.9 Å². The van der Waals surface area contributed by atoms with Crippen molar-refractivity contribution >= 4 is 17.6 Å². The van der Waals surface area contributed by atoms with Crippen LogP contribution in [0.3, 0.4) is 0 Å². The Labute approximate surface area is 107 Å². The topological polar surface area (TPSA) is 71.1 Å². The molecule has 0 unspecified atom stereocenters. The lowest BCUT2D eigenvalue weighted by atomic mass is 10.1. The van der Waals surface area contributed by atoms with Crippen LogP contribution in [-0.2, 0) is 9.59 Å². The van der Waals surface area contributed by atoms with Crippen LogP contribution in [0.2, 0.25) is 0 Å². The number of carbonyl (C=O) groups excluding carboxylic acids is 2. The fraction of sp³-hybridized carbons (Fsp3) is 0.462. The molecule has 0 saturated carbocycles. The molecule has 1 atom stereocenters. The smallest absolute Gasteiger partial charge is 0.247 e. The van der Waals surface area contributed by atoms with Gasteiger partial charge in [0.1, 0.15) is 11.9 Å². The van der Waals surface area contributed by atoms with E-state index in [-0.39, 0.29) is 11.8 Å². The Morgan fingerprint density at radius 3 is 2.33 bits per heavy atom. The van der Waals surface area contributed by atoms with Gasteiger partial charge in [-0.05, 0) is 24.5 Å². The van der Waals surface area contributed by atoms with Crippen LogP contribution >= 0.6 is 0 Å². The monoisotopic (exact) mass is 249 g/mol. The van der Waals surface area contributed by atoms with Crippen LogP contribution in [0.1, 0.15) is 39.2 Å². The summed E-state index contributed by atoms with van der Waals surface area (Å²) in [7, 11) is 0. The highest BCUT2D eigenvalue weighted by Crippen LogP contribution is 2.14. The van der Waals surface area contributed by atoms with Gasteiger partial charge in [0.05, 0.1) is 0 Å². The molecule has 0 radical (unpaired) electrons. The van der Waals surface area contributed by atoms with Crippen LogP contribution in [0, 0.1) is 0 Å². The Balaban J connectivity index is 2.62. The van der Waals surface area contributed by atoms with Crippen LogP contribution in [0.4, 0.5) is 5.82 Å². The molecule has 98 valence electrons. The number of anilines is 1. The van der Waals surface area contributed by atoms with Crippen molar-refractivity contribution in [2.75, 3.05) is 5.32 Å². The molecule has 0 aliphatic carbocycles. The number of hydrogen-bond donors (Lipinski definition) is 2. The molecule has 2 amide bonds. The average molecular weight is 249 g/mol. The van der Waals surface area contributed by atoms with Crippen molar-refractivity contribution in [2.45, 2.75) is 39.7 Å². The standard InChI is InChI=1S/C13H19N3O2/c1-8(2)11-5-6-12(14-7-11)16-13(18)9(3)15-10(4)17/h5-9H,1-4H3,(H,15,17)(H,14,16,18)/t9-/m1/s1. The number of aromatic nitrogens is 1. The van der Waals surface area contributed by atoms with Crippen LogP contribution in [0.15, 0.2) is 18.3 Å². The number of amides is 2. The first kappa shape index (κ1) is 14.2. The second-order valence-corrected chi connectivity index (χ2v) is 4.54. The Morgan fingerprint density at radius 2 is 1.89 bits per heavy atom. The third-order valence-corrected chi connectivity index (χ3v) is 2.52. The molecule has 1 rings (SSSR count). The maximum atomic E-state index is 11.7. The predicted molar refractivity (Wildman–Crippen MR) is 70.2 cm³/mol. The number of pyridine rings is 1. The molecule has 5 heteroatoms. The third kappa shape index (κ3) is 4.16. The third-order valence-electron chi connectivity index (χ3n) is 2.52. The number of nitrogens with one attached hydrogen (secondary N) is 2. The normalized spacial score (nSPS) is 12.1. The molecule has 0 aliphatic rings. The van der Waals surface area contributed by atoms with Crippen LogP contribution in [0.25, 0.3) is 0 Å². The Kier molecular flexibility index (Phi) is 4.83. The molecule has 0 saturated heterocycles. The van der Waals surface area contributed by atoms with E-state index in [1.807, 2.05) is 6.07 Å². The average Bonchev–Trinajstić information content (AvgIpc) is 2.28. The van der Waals surface area contributed by atoms with Gasteiger partial charge in [0.2, 0.25) is 11.8 Å². The summed E-state index contributed by atoms with van der Waals surface area (Å²) in [6.45, 7) is 7.15. The zero-order chi connectivity index (χ0) is 13.7. The highest BCUT2D eigenvalue weighted by Gasteiger charge is 2.14. The van der Waals surface area contributed by atoms with Gasteiger partial charge in [0.25, 0.3) is 0 Å². The molecular weight excluding hydrogens is 230 g/mol. The molecule has 1 aromatic heterocycles. The lowest BCUT2D eigenvalue weighted by Gasteiger charge is -2.12. The van der Waals surface area contributed by atoms with Crippen molar-refractivity contribution in [3.8, 4) is 0 Å². The predicted octanol–water partition coefficient (Wildman–Crippen LogP) is 1.67. The fourth-order valence-electron chi connectivity index (χ4n) is 1.43. The zero-order valence-corrected chi connectivity index (χ0v) is 11.2. The second kappa shape index (κ2) is 6.14. The second-order valence-electron chi connectivity index (χ2n) is 4.54. The molecule has 1 aromatic rings. The molecule has 0 spiro atoms. The van der Waals surface area contributed by atoms with Gasteiger partial charge >= 0.3 is 0 Å². The van der Waals surface area contributed by atoms with Crippen LogP contribution in [0.5, 0.6) is 0 Å². The van der Waals surface area contributed by atoms with Gasteiger partial charge in [-0.25, -0.2) is 4.98 Å². The minimum absolute atomic E-state index is 0.235. The van der Waals surface area contributed by atoms with E-state index in [0.29, 0.717) is 11.7 Å². The summed E-state index contributed by atoms with van der Waals surface area (Å²) in [5.74, 6) is 0.373. The Hall–Kier alpha value is -1.91. The molecule has 0 aromatic carbocycles. The van der Waals surface area contributed by atoms with Gasteiger partial charge in [-0.3, -0.25) is 9.59 Å². The summed E-state index contributed by atoms with van der Waals surface area (Å²) >= 11 is 0. The van der Waals surface area contributed by atoms with Crippen LogP contribution in [-0.4, -0.2) is 22.8 Å². The molecule has 18 heavy (non-hydrogen) atoms. The van der Waals surface area contributed by atoms with E-state index >= 15 is 0 Å². The highest BCUT2D eigenvalue weighted by molar-refractivity contribution is 5.95. The molecule has 0 bridgehead atoms. The summed E-state index contributed by atoms with van der Waals surface area (Å²) in [5.41, 5.74) is 1.11. The molecule has 5 nitrogen and oxygen atoms in total. The van der Waals surface area contributed by atoms with Crippen molar-refractivity contribution in [1.82, 2.24) is 10.3 Å². The first-order chi connectivity index (χ1) is 8.40. The van der Waals surface area contributed by atoms with Crippen molar-refractivity contribution in [3.63, 3.8) is 0 Å². The molecule has 2 N–H and O–H groups in total. The molecule has 0 fully saturated rings. The molecular formula is C13H19N3O2. The van der Waals surface area contributed by atoms with E-state index in [9.17, 15) is 9.59 Å². The summed E-state index contributed by atoms with van der Waals surface area (Å²) < 4.78 is 0. The van der Waals surface area contributed by atoms with Gasteiger partial charge in [0.15, 0.2) is 0 Å². The number of hydrogen-bond acceptors (Lipinski definition) is 3. The van der Waals surface area contributed by atoms with Gasteiger partial charge in [-0.15, -0.1) is 0 Å². The van der Waals surface area contributed by atoms with E-state index in [1.165, 1.54) is 6.92 Å². The quantitative estimate of drug-likeness (QED) is 0.852. The number of nitrogens with zero attached hydrogens (tertiary/aromatic N) is 1.